The number of nitrogen functional groups attached to an aromatic ring is 1. The Morgan fingerprint density at radius 3 is 1.54 bits per heavy atom. The molecule has 0 aliphatic carbocycles. The number of rotatable bonds is 10. The molecule has 0 bridgehead atoms. The molecule has 0 amide bonds. The molecule has 0 aliphatic heterocycles. The maximum Gasteiger partial charge on any atom is 0.337 e. The summed E-state index contributed by atoms with van der Waals surface area (Å²) >= 11 is 10.6. The first-order chi connectivity index (χ1) is 29.5. The molecular weight excluding hydrogens is 1030 g/mol. The smallest absolute Gasteiger partial charge is 0.337 e. The molecule has 14 nitrogen and oxygen atoms in total. The number of nitrogens with zero attached hydrogens (tertiary/aromatic N) is 6. The van der Waals surface area contributed by atoms with Crippen LogP contribution in [-0.4, -0.2) is 69.9 Å². The molecule has 0 atom stereocenters. The van der Waals surface area contributed by atoms with Crippen molar-refractivity contribution in [3.05, 3.63) is 156 Å². The number of halogens is 3. The van der Waals surface area contributed by atoms with Crippen LogP contribution in [0, 0.1) is 7.40 Å². The molecule has 8 rings (SSSR count). The Hall–Kier alpha value is -5.99. The summed E-state index contributed by atoms with van der Waals surface area (Å²) in [5.41, 5.74) is 12.7. The van der Waals surface area contributed by atoms with E-state index in [-0.39, 0.29) is 11.9 Å². The Balaban J connectivity index is 0.000000172. The summed E-state index contributed by atoms with van der Waals surface area (Å²) in [7, 11) is 6.02. The quantitative estimate of drug-likeness (QED) is 0.0757. The summed E-state index contributed by atoms with van der Waals surface area (Å²) in [5, 5.41) is 15.1. The minimum atomic E-state index is -0.359. The first-order valence-corrected chi connectivity index (χ1v) is 20.9. The van der Waals surface area contributed by atoms with Crippen molar-refractivity contribution in [3.63, 3.8) is 0 Å². The summed E-state index contributed by atoms with van der Waals surface area (Å²) in [6, 6.07) is 33.2. The van der Waals surface area contributed by atoms with Crippen molar-refractivity contribution in [3.8, 4) is 11.5 Å². The third-order valence-corrected chi connectivity index (χ3v) is 10.9. The Morgan fingerprint density at radius 1 is 0.623 bits per heavy atom. The zero-order valence-corrected chi connectivity index (χ0v) is 38.4. The van der Waals surface area contributed by atoms with Gasteiger partial charge in [0.15, 0.2) is 11.3 Å². The molecule has 3 N–H and O–H groups in total. The van der Waals surface area contributed by atoms with Gasteiger partial charge >= 0.3 is 11.9 Å². The number of benzene rings is 4. The molecule has 8 aromatic rings. The van der Waals surface area contributed by atoms with Crippen LogP contribution in [0.25, 0.3) is 22.1 Å². The van der Waals surface area contributed by atoms with Crippen molar-refractivity contribution in [2.24, 2.45) is 0 Å². The van der Waals surface area contributed by atoms with Gasteiger partial charge in [-0.05, 0) is 141 Å². The number of carbonyl (C=O) groups is 2. The maximum atomic E-state index is 11.6. The molecule has 17 heteroatoms. The predicted octanol–water partition coefficient (Wildman–Crippen LogP) is 9.42. The molecule has 0 saturated heterocycles. The monoisotopic (exact) mass is 1060 g/mol. The van der Waals surface area contributed by atoms with Gasteiger partial charge in [0.25, 0.3) is 0 Å². The predicted molar refractivity (Wildman–Crippen MR) is 253 cm³/mol. The molecule has 4 aromatic heterocycles. The Kier molecular flexibility index (Phi) is 15.3. The molecule has 4 heterocycles. The van der Waals surface area contributed by atoms with Gasteiger partial charge in [0.05, 0.1) is 74.1 Å². The summed E-state index contributed by atoms with van der Waals surface area (Å²) in [6.45, 7) is 1.25. The fourth-order valence-electron chi connectivity index (χ4n) is 5.90. The SMILES string of the molecule is COC(=O)c1ccc(N)cc1.COC(=O)c1ccc(Nc2ccnc3c2c(I)nn3Cc2ccc(OC)cc2)cc1.COc1ccc(Cn2nc(I)c3c(Cl)ccnc32)cc1. The average Bonchev–Trinajstić information content (AvgIpc) is 3.79. The van der Waals surface area contributed by atoms with Crippen LogP contribution in [0.1, 0.15) is 31.8 Å². The van der Waals surface area contributed by atoms with Gasteiger partial charge in [-0.1, -0.05) is 35.9 Å². The molecule has 0 unspecified atom stereocenters. The van der Waals surface area contributed by atoms with Crippen LogP contribution >= 0.6 is 56.8 Å². The van der Waals surface area contributed by atoms with Gasteiger partial charge in [0.1, 0.15) is 18.9 Å². The number of esters is 2. The van der Waals surface area contributed by atoms with E-state index >= 15 is 0 Å². The van der Waals surface area contributed by atoms with Crippen LogP contribution in [0.2, 0.25) is 5.02 Å². The minimum absolute atomic E-state index is 0.343. The molecular formula is C44H39ClI2N8O6. The molecule has 0 saturated carbocycles. The molecule has 61 heavy (non-hydrogen) atoms. The van der Waals surface area contributed by atoms with E-state index in [2.05, 4.69) is 75.4 Å². The van der Waals surface area contributed by atoms with Crippen molar-refractivity contribution >= 4 is 108 Å². The lowest BCUT2D eigenvalue weighted by atomic mass is 10.2. The number of hydrogen-bond donors (Lipinski definition) is 2. The van der Waals surface area contributed by atoms with Crippen molar-refractivity contribution in [1.29, 1.82) is 0 Å². The fraction of sp³-hybridized carbons (Fsp3) is 0.136. The molecule has 312 valence electrons. The highest BCUT2D eigenvalue weighted by molar-refractivity contribution is 14.1. The van der Waals surface area contributed by atoms with E-state index in [0.29, 0.717) is 34.9 Å². The van der Waals surface area contributed by atoms with Gasteiger partial charge in [-0.15, -0.1) is 0 Å². The highest BCUT2D eigenvalue weighted by atomic mass is 127. The lowest BCUT2D eigenvalue weighted by molar-refractivity contribution is 0.0592. The molecule has 0 spiro atoms. The van der Waals surface area contributed by atoms with Crippen LogP contribution in [0.3, 0.4) is 0 Å². The van der Waals surface area contributed by atoms with Gasteiger partial charge in [-0.25, -0.2) is 28.9 Å². The second kappa shape index (κ2) is 21.0. The Bertz CT molecular complexity index is 2750. The van der Waals surface area contributed by atoms with E-state index in [4.69, 9.17) is 31.5 Å². The number of nitrogens with one attached hydrogen (secondary N) is 1. The summed E-state index contributed by atoms with van der Waals surface area (Å²) in [4.78, 5) is 31.4. The van der Waals surface area contributed by atoms with Gasteiger partial charge in [-0.3, -0.25) is 0 Å². The normalized spacial score (nSPS) is 10.5. The summed E-state index contributed by atoms with van der Waals surface area (Å²) in [6.07, 6.45) is 3.46. The van der Waals surface area contributed by atoms with Crippen LogP contribution in [-0.2, 0) is 22.6 Å². The summed E-state index contributed by atoms with van der Waals surface area (Å²) < 4.78 is 25.1. The summed E-state index contributed by atoms with van der Waals surface area (Å²) in [5.74, 6) is 0.962. The number of methoxy groups -OCH3 is 4. The third kappa shape index (κ3) is 11.2. The second-order valence-electron chi connectivity index (χ2n) is 12.9. The number of ether oxygens (including phenoxy) is 4. The zero-order valence-electron chi connectivity index (χ0n) is 33.3. The first-order valence-electron chi connectivity index (χ1n) is 18.3. The average molecular weight is 1070 g/mol. The Labute approximate surface area is 383 Å². The van der Waals surface area contributed by atoms with Crippen molar-refractivity contribution < 1.29 is 28.5 Å². The van der Waals surface area contributed by atoms with Crippen LogP contribution in [0.4, 0.5) is 17.1 Å². The van der Waals surface area contributed by atoms with E-state index < -0.39 is 0 Å². The molecule has 0 aliphatic rings. The highest BCUT2D eigenvalue weighted by Crippen LogP contribution is 2.30. The Morgan fingerprint density at radius 2 is 1.07 bits per heavy atom. The number of pyridine rings is 2. The van der Waals surface area contributed by atoms with Crippen LogP contribution < -0.4 is 20.5 Å². The van der Waals surface area contributed by atoms with Gasteiger partial charge < -0.3 is 30.0 Å². The van der Waals surface area contributed by atoms with E-state index in [0.717, 1.165) is 63.5 Å². The number of hydrogen-bond acceptors (Lipinski definition) is 12. The number of carbonyl (C=O) groups excluding carboxylic acids is 2. The largest absolute Gasteiger partial charge is 0.497 e. The molecule has 0 fully saturated rings. The van der Waals surface area contributed by atoms with E-state index in [9.17, 15) is 9.59 Å². The molecule has 0 radical (unpaired) electrons. The van der Waals surface area contributed by atoms with Gasteiger partial charge in [0, 0.05) is 23.8 Å². The molecule has 4 aromatic carbocycles. The maximum absolute atomic E-state index is 11.6. The van der Waals surface area contributed by atoms with E-state index in [1.165, 1.54) is 14.2 Å². The van der Waals surface area contributed by atoms with Crippen molar-refractivity contribution in [2.45, 2.75) is 13.1 Å². The van der Waals surface area contributed by atoms with Crippen molar-refractivity contribution in [1.82, 2.24) is 29.5 Å². The van der Waals surface area contributed by atoms with Crippen LogP contribution in [0.5, 0.6) is 11.5 Å². The zero-order chi connectivity index (χ0) is 43.5. The van der Waals surface area contributed by atoms with Crippen LogP contribution in [0.15, 0.2) is 122 Å². The lowest BCUT2D eigenvalue weighted by Gasteiger charge is -2.09. The van der Waals surface area contributed by atoms with Gasteiger partial charge in [-0.2, -0.15) is 10.2 Å². The first kappa shape index (κ1) is 44.6. The minimum Gasteiger partial charge on any atom is -0.497 e. The fourth-order valence-corrected chi connectivity index (χ4v) is 7.88. The van der Waals surface area contributed by atoms with E-state index in [1.54, 1.807) is 69.1 Å². The topological polar surface area (TPSA) is 171 Å². The standard InChI is InChI=1S/C22H19IN4O3.C14H11ClIN3O.C8H9NO2/c1-29-17-9-3-14(4-10-17)13-27-21-19(20(23)26-27)18(11-12-24-21)25-16-7-5-15(6-8-16)22(28)30-2;1-20-10-4-2-9(3-5-10)8-19-14-12(13(16)18-19)11(15)6-7-17-14;1-11-8(10)6-2-4-7(9)5-3-6/h3-12H,13H2,1-2H3,(H,24,25);2-7H,8H2,1H3;2-5H,9H2,1H3. The third-order valence-electron chi connectivity index (χ3n) is 9.03. The second-order valence-corrected chi connectivity index (χ2v) is 15.4. The lowest BCUT2D eigenvalue weighted by Crippen LogP contribution is -2.03. The number of aromatic nitrogens is 6. The van der Waals surface area contributed by atoms with Gasteiger partial charge in [0.2, 0.25) is 0 Å². The number of anilines is 3. The van der Waals surface area contributed by atoms with Crippen molar-refractivity contribution in [2.75, 3.05) is 39.5 Å². The number of nitrogens with two attached hydrogens (primary N) is 1. The number of fused-ring (bicyclic) bond motifs is 2. The van der Waals surface area contributed by atoms with E-state index in [1.807, 2.05) is 76.1 Å². The highest BCUT2D eigenvalue weighted by Gasteiger charge is 2.16.